The van der Waals surface area contributed by atoms with E-state index in [0.29, 0.717) is 12.2 Å². The number of hydrogen-bond acceptors (Lipinski definition) is 6. The van der Waals surface area contributed by atoms with Crippen LogP contribution in [0.15, 0.2) is 30.7 Å². The van der Waals surface area contributed by atoms with Crippen molar-refractivity contribution in [3.8, 4) is 0 Å². The molecule has 0 spiro atoms. The van der Waals surface area contributed by atoms with E-state index in [1.165, 1.54) is 6.20 Å². The number of amides is 1. The Morgan fingerprint density at radius 2 is 2.26 bits per heavy atom. The van der Waals surface area contributed by atoms with Crippen LogP contribution in [0.2, 0.25) is 0 Å². The average molecular weight is 277 g/mol. The number of nitrogens with one attached hydrogen (secondary N) is 2. The molecule has 0 atom stereocenters. The van der Waals surface area contributed by atoms with Crippen molar-refractivity contribution in [3.05, 3.63) is 42.0 Å². The molecular formula is C12H15N5OS. The molecule has 0 aliphatic heterocycles. The summed E-state index contributed by atoms with van der Waals surface area (Å²) in [7, 11) is 0. The van der Waals surface area contributed by atoms with Crippen LogP contribution in [0, 0.1) is 0 Å². The van der Waals surface area contributed by atoms with E-state index in [2.05, 4.69) is 24.4 Å². The van der Waals surface area contributed by atoms with E-state index < -0.39 is 0 Å². The molecule has 0 saturated heterocycles. The minimum atomic E-state index is -0.166. The topological polar surface area (TPSA) is 79.8 Å². The summed E-state index contributed by atoms with van der Waals surface area (Å²) in [5, 5.41) is 6.09. The lowest BCUT2D eigenvalue weighted by Crippen LogP contribution is -2.27. The molecule has 19 heavy (non-hydrogen) atoms. The van der Waals surface area contributed by atoms with Crippen molar-refractivity contribution in [3.63, 3.8) is 0 Å². The third-order valence-electron chi connectivity index (χ3n) is 2.46. The number of rotatable bonds is 7. The molecular weight excluding hydrogens is 262 g/mol. The van der Waals surface area contributed by atoms with Crippen LogP contribution >= 0.6 is 11.7 Å². The lowest BCUT2D eigenvalue weighted by atomic mass is 10.3. The van der Waals surface area contributed by atoms with Gasteiger partial charge in [0.1, 0.15) is 0 Å². The van der Waals surface area contributed by atoms with Gasteiger partial charge in [0.15, 0.2) is 5.69 Å². The number of carbonyl (C=O) groups is 1. The van der Waals surface area contributed by atoms with E-state index in [9.17, 15) is 4.79 Å². The summed E-state index contributed by atoms with van der Waals surface area (Å²) >= 11 is 1.03. The van der Waals surface area contributed by atoms with Crippen LogP contribution in [0.3, 0.4) is 0 Å². The van der Waals surface area contributed by atoms with Gasteiger partial charge in [0, 0.05) is 25.5 Å². The van der Waals surface area contributed by atoms with Crippen molar-refractivity contribution in [1.82, 2.24) is 24.4 Å². The van der Waals surface area contributed by atoms with Crippen LogP contribution in [0.4, 0.5) is 0 Å². The molecule has 2 N–H and O–H groups in total. The van der Waals surface area contributed by atoms with Crippen molar-refractivity contribution in [1.29, 1.82) is 0 Å². The van der Waals surface area contributed by atoms with Crippen molar-refractivity contribution >= 4 is 17.6 Å². The molecule has 2 rings (SSSR count). The highest BCUT2D eigenvalue weighted by Gasteiger charge is 2.06. The van der Waals surface area contributed by atoms with E-state index in [0.717, 1.165) is 36.8 Å². The van der Waals surface area contributed by atoms with Crippen LogP contribution in [-0.2, 0) is 6.54 Å². The summed E-state index contributed by atoms with van der Waals surface area (Å²) in [6.45, 7) is 2.25. The maximum absolute atomic E-state index is 11.5. The predicted molar refractivity (Wildman–Crippen MR) is 72.8 cm³/mol. The Morgan fingerprint density at radius 1 is 1.32 bits per heavy atom. The van der Waals surface area contributed by atoms with Gasteiger partial charge < -0.3 is 10.6 Å². The predicted octanol–water partition coefficient (Wildman–Crippen LogP) is 0.843. The molecule has 0 unspecified atom stereocenters. The second-order valence-corrected chi connectivity index (χ2v) is 4.50. The molecule has 7 heteroatoms. The summed E-state index contributed by atoms with van der Waals surface area (Å²) < 4.78 is 7.65. The Kier molecular flexibility index (Phi) is 5.39. The highest BCUT2D eigenvalue weighted by molar-refractivity contribution is 6.99. The minimum Gasteiger partial charge on any atom is -0.351 e. The molecule has 2 aromatic rings. The average Bonchev–Trinajstić information content (AvgIpc) is 2.98. The molecule has 0 saturated carbocycles. The fraction of sp³-hybridized carbons (Fsp3) is 0.333. The lowest BCUT2D eigenvalue weighted by molar-refractivity contribution is 0.0949. The lowest BCUT2D eigenvalue weighted by Gasteiger charge is -2.05. The third kappa shape index (κ3) is 4.72. The fourth-order valence-electron chi connectivity index (χ4n) is 1.51. The van der Waals surface area contributed by atoms with Crippen LogP contribution in [0.25, 0.3) is 0 Å². The zero-order valence-corrected chi connectivity index (χ0v) is 11.2. The van der Waals surface area contributed by atoms with E-state index in [4.69, 9.17) is 0 Å². The highest BCUT2D eigenvalue weighted by atomic mass is 32.1. The van der Waals surface area contributed by atoms with Gasteiger partial charge in [0.25, 0.3) is 5.91 Å². The third-order valence-corrected chi connectivity index (χ3v) is 2.94. The van der Waals surface area contributed by atoms with Crippen molar-refractivity contribution < 1.29 is 4.79 Å². The first kappa shape index (κ1) is 13.6. The van der Waals surface area contributed by atoms with Gasteiger partial charge in [-0.15, -0.1) is 0 Å². The number of hydrogen-bond donors (Lipinski definition) is 2. The Bertz CT molecular complexity index is 488. The Hall–Kier alpha value is -1.86. The Balaban J connectivity index is 1.54. The standard InChI is InChI=1S/C12H15N5OS/c18-12(11-9-16-19-17-11)15-6-2-5-14-8-10-3-1-4-13-7-10/h1,3-4,7,9,14H,2,5-6,8H2,(H,15,18). The van der Waals surface area contributed by atoms with Gasteiger partial charge in [-0.25, -0.2) is 0 Å². The number of aromatic nitrogens is 3. The van der Waals surface area contributed by atoms with Gasteiger partial charge in [-0.3, -0.25) is 9.78 Å². The SMILES string of the molecule is O=C(NCCCNCc1cccnc1)c1cnsn1. The highest BCUT2D eigenvalue weighted by Crippen LogP contribution is 1.95. The van der Waals surface area contributed by atoms with Gasteiger partial charge >= 0.3 is 0 Å². The monoisotopic (exact) mass is 277 g/mol. The second-order valence-electron chi connectivity index (χ2n) is 3.94. The van der Waals surface area contributed by atoms with E-state index in [-0.39, 0.29) is 5.91 Å². The van der Waals surface area contributed by atoms with Gasteiger partial charge in [0.05, 0.1) is 17.9 Å². The molecule has 0 aliphatic carbocycles. The molecule has 0 bridgehead atoms. The number of carbonyl (C=O) groups excluding carboxylic acids is 1. The molecule has 6 nitrogen and oxygen atoms in total. The minimum absolute atomic E-state index is 0.166. The maximum Gasteiger partial charge on any atom is 0.272 e. The summed E-state index contributed by atoms with van der Waals surface area (Å²) in [4.78, 5) is 15.6. The van der Waals surface area contributed by atoms with Crippen LogP contribution in [0.1, 0.15) is 22.5 Å². The fourth-order valence-corrected chi connectivity index (χ4v) is 1.92. The zero-order chi connectivity index (χ0) is 13.3. The molecule has 0 aliphatic rings. The van der Waals surface area contributed by atoms with E-state index >= 15 is 0 Å². The van der Waals surface area contributed by atoms with Gasteiger partial charge in [0.2, 0.25) is 0 Å². The first-order chi connectivity index (χ1) is 9.36. The van der Waals surface area contributed by atoms with E-state index in [1.807, 2.05) is 18.3 Å². The van der Waals surface area contributed by atoms with Crippen molar-refractivity contribution in [2.45, 2.75) is 13.0 Å². The molecule has 100 valence electrons. The normalized spacial score (nSPS) is 10.3. The quantitative estimate of drug-likeness (QED) is 0.733. The van der Waals surface area contributed by atoms with Crippen LogP contribution in [0.5, 0.6) is 0 Å². The van der Waals surface area contributed by atoms with Crippen LogP contribution in [-0.4, -0.2) is 32.7 Å². The van der Waals surface area contributed by atoms with Crippen LogP contribution < -0.4 is 10.6 Å². The molecule has 0 radical (unpaired) electrons. The molecule has 1 amide bonds. The first-order valence-corrected chi connectivity index (χ1v) is 6.74. The Morgan fingerprint density at radius 3 is 3.00 bits per heavy atom. The first-order valence-electron chi connectivity index (χ1n) is 6.01. The summed E-state index contributed by atoms with van der Waals surface area (Å²) in [6.07, 6.45) is 5.93. The van der Waals surface area contributed by atoms with Gasteiger partial charge in [-0.05, 0) is 24.6 Å². The Labute approximate surface area is 115 Å². The summed E-state index contributed by atoms with van der Waals surface area (Å²) in [6, 6.07) is 3.94. The molecule has 0 fully saturated rings. The van der Waals surface area contributed by atoms with E-state index in [1.54, 1.807) is 6.20 Å². The molecule has 2 aromatic heterocycles. The smallest absolute Gasteiger partial charge is 0.272 e. The van der Waals surface area contributed by atoms with Crippen molar-refractivity contribution in [2.75, 3.05) is 13.1 Å². The van der Waals surface area contributed by atoms with Gasteiger partial charge in [-0.2, -0.15) is 8.75 Å². The summed E-state index contributed by atoms with van der Waals surface area (Å²) in [5.41, 5.74) is 1.54. The van der Waals surface area contributed by atoms with Gasteiger partial charge in [-0.1, -0.05) is 6.07 Å². The zero-order valence-electron chi connectivity index (χ0n) is 10.4. The second kappa shape index (κ2) is 7.55. The number of pyridine rings is 1. The maximum atomic E-state index is 11.5. The summed E-state index contributed by atoms with van der Waals surface area (Å²) in [5.74, 6) is -0.166. The largest absolute Gasteiger partial charge is 0.351 e. The number of nitrogens with zero attached hydrogens (tertiary/aromatic N) is 3. The van der Waals surface area contributed by atoms with Crippen molar-refractivity contribution in [2.24, 2.45) is 0 Å². The molecule has 0 aromatic carbocycles. The molecule has 2 heterocycles.